The lowest BCUT2D eigenvalue weighted by Crippen LogP contribution is -2.04. The van der Waals surface area contributed by atoms with Crippen LogP contribution in [-0.2, 0) is 19.0 Å². The molecule has 0 fully saturated rings. The maximum atomic E-state index is 12.8. The van der Waals surface area contributed by atoms with Gasteiger partial charge in [-0.3, -0.25) is 0 Å². The third-order valence-corrected chi connectivity index (χ3v) is 6.04. The first kappa shape index (κ1) is 22.8. The molecule has 31 heavy (non-hydrogen) atoms. The summed E-state index contributed by atoms with van der Waals surface area (Å²) in [5, 5.41) is 3.33. The number of anilines is 1. The fraction of sp³-hybridized carbons (Fsp3) is 0.200. The highest BCUT2D eigenvalue weighted by Gasteiger charge is 2.29. The summed E-state index contributed by atoms with van der Waals surface area (Å²) >= 11 is 1.38. The Morgan fingerprint density at radius 2 is 1.68 bits per heavy atom. The maximum absolute atomic E-state index is 12.8. The van der Waals surface area contributed by atoms with Crippen molar-refractivity contribution >= 4 is 23.1 Å². The van der Waals surface area contributed by atoms with Gasteiger partial charge in [-0.05, 0) is 60.4 Å². The number of hydrogen-bond donors (Lipinski definition) is 2. The molecule has 0 saturated carbocycles. The molecule has 2 nitrogen and oxygen atoms in total. The minimum absolute atomic E-state index is 0.555. The molecule has 0 aromatic heterocycles. The van der Waals surface area contributed by atoms with E-state index < -0.39 is 11.7 Å². The van der Waals surface area contributed by atoms with Crippen LogP contribution in [0.3, 0.4) is 0 Å². The van der Waals surface area contributed by atoms with Crippen LogP contribution in [0.4, 0.5) is 18.9 Å². The monoisotopic (exact) mass is 442 g/mol. The standard InChI is InChI=1S/C25H25F3N2S/c1-3-17-9-10-18(4-2)23(15-17)30-16-22(29)21-7-5-6-8-24(21)31-20-13-11-19(12-14-20)25(26,27)28/h5-16,30H,3-4,29H2,1-2H3/b22-16-. The smallest absolute Gasteiger partial charge is 0.397 e. The number of rotatable bonds is 7. The van der Waals surface area contributed by atoms with Crippen molar-refractivity contribution in [2.45, 2.75) is 42.7 Å². The van der Waals surface area contributed by atoms with Gasteiger partial charge in [0, 0.05) is 27.2 Å². The summed E-state index contributed by atoms with van der Waals surface area (Å²) in [5.74, 6) is 0. The van der Waals surface area contributed by atoms with E-state index in [1.165, 1.54) is 35.0 Å². The maximum Gasteiger partial charge on any atom is 0.416 e. The second kappa shape index (κ2) is 9.96. The van der Waals surface area contributed by atoms with Gasteiger partial charge in [-0.2, -0.15) is 13.2 Å². The Hall–Kier alpha value is -2.86. The number of nitrogens with two attached hydrogens (primary N) is 1. The Bertz CT molecular complexity index is 1060. The van der Waals surface area contributed by atoms with E-state index in [2.05, 4.69) is 37.4 Å². The van der Waals surface area contributed by atoms with Crippen molar-refractivity contribution < 1.29 is 13.2 Å². The molecule has 3 aromatic carbocycles. The minimum atomic E-state index is -4.34. The van der Waals surface area contributed by atoms with Crippen LogP contribution in [-0.4, -0.2) is 0 Å². The van der Waals surface area contributed by atoms with Gasteiger partial charge in [0.2, 0.25) is 0 Å². The van der Waals surface area contributed by atoms with Gasteiger partial charge >= 0.3 is 6.18 Å². The zero-order valence-electron chi connectivity index (χ0n) is 17.5. The number of nitrogens with one attached hydrogen (secondary N) is 1. The first-order valence-electron chi connectivity index (χ1n) is 10.1. The summed E-state index contributed by atoms with van der Waals surface area (Å²) in [6.45, 7) is 4.22. The molecule has 6 heteroatoms. The predicted molar refractivity (Wildman–Crippen MR) is 123 cm³/mol. The molecule has 0 amide bonds. The quantitative estimate of drug-likeness (QED) is 0.402. The van der Waals surface area contributed by atoms with Gasteiger partial charge in [-0.15, -0.1) is 0 Å². The van der Waals surface area contributed by atoms with Crippen molar-refractivity contribution in [2.75, 3.05) is 5.32 Å². The molecule has 0 bridgehead atoms. The normalized spacial score (nSPS) is 12.1. The molecule has 0 heterocycles. The number of benzene rings is 3. The van der Waals surface area contributed by atoms with Crippen molar-refractivity contribution in [1.29, 1.82) is 0 Å². The first-order valence-corrected chi connectivity index (χ1v) is 10.9. The van der Waals surface area contributed by atoms with E-state index in [0.717, 1.165) is 41.1 Å². The molecule has 0 aliphatic heterocycles. The second-order valence-electron chi connectivity index (χ2n) is 7.06. The fourth-order valence-electron chi connectivity index (χ4n) is 3.15. The van der Waals surface area contributed by atoms with E-state index in [-0.39, 0.29) is 0 Å². The van der Waals surface area contributed by atoms with Crippen molar-refractivity contribution in [3.8, 4) is 0 Å². The van der Waals surface area contributed by atoms with Gasteiger partial charge in [-0.25, -0.2) is 0 Å². The zero-order valence-corrected chi connectivity index (χ0v) is 18.3. The predicted octanol–water partition coefficient (Wildman–Crippen LogP) is 7.35. The highest BCUT2D eigenvalue weighted by molar-refractivity contribution is 7.99. The van der Waals surface area contributed by atoms with Crippen molar-refractivity contribution in [1.82, 2.24) is 0 Å². The second-order valence-corrected chi connectivity index (χ2v) is 8.18. The fourth-order valence-corrected chi connectivity index (χ4v) is 4.12. The Balaban J connectivity index is 1.83. The van der Waals surface area contributed by atoms with E-state index >= 15 is 0 Å². The molecule has 0 saturated heterocycles. The third-order valence-electron chi connectivity index (χ3n) is 4.95. The molecule has 0 atom stereocenters. The number of alkyl halides is 3. The average Bonchev–Trinajstić information content (AvgIpc) is 2.77. The molecular weight excluding hydrogens is 417 g/mol. The molecule has 162 valence electrons. The zero-order chi connectivity index (χ0) is 22.4. The van der Waals surface area contributed by atoms with Gasteiger partial charge in [0.25, 0.3) is 0 Å². The Labute approximate surface area is 185 Å². The SMILES string of the molecule is CCc1ccc(CC)c(N/C=C(\N)c2ccccc2Sc2ccc(C(F)(F)F)cc2)c1. The van der Waals surface area contributed by atoms with Gasteiger partial charge in [-0.1, -0.05) is 55.9 Å². The molecular formula is C25H25F3N2S. The van der Waals surface area contributed by atoms with Gasteiger partial charge in [0.05, 0.1) is 11.3 Å². The molecule has 0 spiro atoms. The summed E-state index contributed by atoms with van der Waals surface area (Å²) in [5.41, 5.74) is 10.6. The van der Waals surface area contributed by atoms with Gasteiger partial charge in [0.15, 0.2) is 0 Å². The largest absolute Gasteiger partial charge is 0.416 e. The van der Waals surface area contributed by atoms with E-state index in [1.54, 1.807) is 6.20 Å². The van der Waals surface area contributed by atoms with E-state index in [0.29, 0.717) is 10.6 Å². The summed E-state index contributed by atoms with van der Waals surface area (Å²) in [6, 6.07) is 19.1. The van der Waals surface area contributed by atoms with Crippen molar-refractivity contribution in [3.63, 3.8) is 0 Å². The van der Waals surface area contributed by atoms with Gasteiger partial charge < -0.3 is 11.1 Å². The van der Waals surface area contributed by atoms with Crippen LogP contribution in [0, 0.1) is 0 Å². The molecule has 3 N–H and O–H groups in total. The van der Waals surface area contributed by atoms with Crippen LogP contribution < -0.4 is 11.1 Å². The van der Waals surface area contributed by atoms with E-state index in [4.69, 9.17) is 5.73 Å². The summed E-state index contributed by atoms with van der Waals surface area (Å²) in [6.07, 6.45) is -0.711. The van der Waals surface area contributed by atoms with Crippen LogP contribution in [0.5, 0.6) is 0 Å². The van der Waals surface area contributed by atoms with Crippen LogP contribution in [0.1, 0.15) is 36.1 Å². The van der Waals surface area contributed by atoms with Crippen LogP contribution in [0.15, 0.2) is 82.7 Å². The average molecular weight is 443 g/mol. The first-order chi connectivity index (χ1) is 14.8. The van der Waals surface area contributed by atoms with Crippen LogP contribution >= 0.6 is 11.8 Å². The summed E-state index contributed by atoms with van der Waals surface area (Å²) in [7, 11) is 0. The minimum Gasteiger partial charge on any atom is -0.397 e. The Kier molecular flexibility index (Phi) is 7.33. The lowest BCUT2D eigenvalue weighted by molar-refractivity contribution is -0.137. The van der Waals surface area contributed by atoms with E-state index in [9.17, 15) is 13.2 Å². The number of aryl methyl sites for hydroxylation is 2. The van der Waals surface area contributed by atoms with Crippen molar-refractivity contribution in [2.24, 2.45) is 5.73 Å². The molecule has 3 rings (SSSR count). The van der Waals surface area contributed by atoms with Crippen molar-refractivity contribution in [3.05, 3.63) is 95.2 Å². The summed E-state index contributed by atoms with van der Waals surface area (Å²) < 4.78 is 38.4. The molecule has 3 aromatic rings. The van der Waals surface area contributed by atoms with Crippen LogP contribution in [0.2, 0.25) is 0 Å². The van der Waals surface area contributed by atoms with Gasteiger partial charge in [0.1, 0.15) is 0 Å². The highest BCUT2D eigenvalue weighted by Crippen LogP contribution is 2.35. The van der Waals surface area contributed by atoms with Crippen LogP contribution in [0.25, 0.3) is 5.70 Å². The Morgan fingerprint density at radius 3 is 2.32 bits per heavy atom. The molecule has 0 aliphatic rings. The molecule has 0 unspecified atom stereocenters. The number of hydrogen-bond acceptors (Lipinski definition) is 3. The molecule has 0 aliphatic carbocycles. The summed E-state index contributed by atoms with van der Waals surface area (Å²) in [4.78, 5) is 1.58. The third kappa shape index (κ3) is 5.85. The Morgan fingerprint density at radius 1 is 0.968 bits per heavy atom. The van der Waals surface area contributed by atoms with E-state index in [1.807, 2.05) is 24.3 Å². The lowest BCUT2D eigenvalue weighted by atomic mass is 10.1. The topological polar surface area (TPSA) is 38.0 Å². The lowest BCUT2D eigenvalue weighted by Gasteiger charge is -2.13. The molecule has 0 radical (unpaired) electrons. The highest BCUT2D eigenvalue weighted by atomic mass is 32.2. The number of halogens is 3.